The lowest BCUT2D eigenvalue weighted by molar-refractivity contribution is -0.680. The van der Waals surface area contributed by atoms with Gasteiger partial charge >= 0.3 is 0 Å². The van der Waals surface area contributed by atoms with Crippen LogP contribution >= 0.6 is 0 Å². The van der Waals surface area contributed by atoms with E-state index in [9.17, 15) is 13.6 Å². The highest BCUT2D eigenvalue weighted by atomic mass is 32.2. The molecular weight excluding hydrogens is 274 g/mol. The van der Waals surface area contributed by atoms with Gasteiger partial charge in [0.1, 0.15) is 6.20 Å². The zero-order chi connectivity index (χ0) is 14.9. The number of hydrogen-bond donors (Lipinski definition) is 1. The van der Waals surface area contributed by atoms with Crippen molar-refractivity contribution in [3.63, 3.8) is 0 Å². The van der Waals surface area contributed by atoms with Crippen LogP contribution in [0, 0.1) is 19.1 Å². The molecule has 0 spiro atoms. The van der Waals surface area contributed by atoms with E-state index in [1.807, 2.05) is 39.0 Å². The van der Waals surface area contributed by atoms with Crippen molar-refractivity contribution in [2.24, 2.45) is 0 Å². The second kappa shape index (κ2) is 5.75. The zero-order valence-electron chi connectivity index (χ0n) is 11.7. The van der Waals surface area contributed by atoms with Crippen LogP contribution in [0.4, 0.5) is 0 Å². The molecule has 1 aliphatic rings. The monoisotopic (exact) mass is 291 g/mol. The molecule has 0 saturated heterocycles. The highest BCUT2D eigenvalue weighted by molar-refractivity contribution is 7.72. The molecule has 0 aliphatic carbocycles. The van der Waals surface area contributed by atoms with E-state index < -0.39 is 15.4 Å². The van der Waals surface area contributed by atoms with E-state index in [0.717, 1.165) is 16.7 Å². The van der Waals surface area contributed by atoms with Crippen LogP contribution in [0.25, 0.3) is 0 Å². The predicted molar refractivity (Wildman–Crippen MR) is 79.8 cm³/mol. The van der Waals surface area contributed by atoms with Gasteiger partial charge < -0.3 is 10.3 Å². The van der Waals surface area contributed by atoms with Crippen LogP contribution in [0.3, 0.4) is 0 Å². The normalized spacial score (nSPS) is 19.7. The number of aryl methyl sites for hydroxylation is 2. The maximum atomic E-state index is 11.8. The number of nitrogens with one attached hydrogen (secondary N) is 1. The van der Waals surface area contributed by atoms with Gasteiger partial charge in [-0.25, -0.2) is 0 Å². The predicted octanol–water partition coefficient (Wildman–Crippen LogP) is 1.25. The molecule has 1 aromatic rings. The number of benzene rings is 1. The maximum Gasteiger partial charge on any atom is 0.277 e. The summed E-state index contributed by atoms with van der Waals surface area (Å²) in [4.78, 5) is -0.124. The first-order valence-electron chi connectivity index (χ1n) is 6.38. The van der Waals surface area contributed by atoms with Crippen molar-refractivity contribution in [3.05, 3.63) is 64.0 Å². The Labute approximate surface area is 120 Å². The van der Waals surface area contributed by atoms with Gasteiger partial charge in [-0.2, -0.15) is 8.42 Å². The van der Waals surface area contributed by atoms with E-state index in [0.29, 0.717) is 5.57 Å². The third-order valence-electron chi connectivity index (χ3n) is 3.54. The third kappa shape index (κ3) is 2.75. The van der Waals surface area contributed by atoms with Crippen molar-refractivity contribution in [3.8, 4) is 0 Å². The highest BCUT2D eigenvalue weighted by Gasteiger charge is 2.25. The van der Waals surface area contributed by atoms with Crippen LogP contribution in [0.2, 0.25) is 0 Å². The first-order chi connectivity index (χ1) is 9.41. The summed E-state index contributed by atoms with van der Waals surface area (Å²) in [6, 6.07) is 6.06. The van der Waals surface area contributed by atoms with E-state index in [1.165, 1.54) is 6.20 Å². The van der Waals surface area contributed by atoms with Gasteiger partial charge in [-0.3, -0.25) is 0 Å². The van der Waals surface area contributed by atoms with E-state index in [2.05, 4.69) is 0 Å². The fourth-order valence-corrected chi connectivity index (χ4v) is 3.12. The maximum absolute atomic E-state index is 11.8. The molecule has 1 heterocycles. The second-order valence-corrected chi connectivity index (χ2v) is 5.87. The molecule has 0 amide bonds. The molecule has 0 aromatic heterocycles. The van der Waals surface area contributed by atoms with E-state index in [4.69, 9.17) is 0 Å². The van der Waals surface area contributed by atoms with Gasteiger partial charge in [-0.1, -0.05) is 30.7 Å². The lowest BCUT2D eigenvalue weighted by Crippen LogP contribution is -3.06. The quantitative estimate of drug-likeness (QED) is 0.659. The number of hydroxylamine groups is 2. The molecule has 0 saturated carbocycles. The summed E-state index contributed by atoms with van der Waals surface area (Å²) < 4.78 is 22.7. The first kappa shape index (κ1) is 14.7. The molecular formula is C15H17NO3S. The number of allylic oxidation sites excluding steroid dienone is 2. The van der Waals surface area contributed by atoms with Crippen molar-refractivity contribution < 1.29 is 13.5 Å². The number of rotatable bonds is 2. The molecule has 0 bridgehead atoms. The van der Waals surface area contributed by atoms with Gasteiger partial charge in [0, 0.05) is 11.5 Å². The first-order valence-corrected chi connectivity index (χ1v) is 7.45. The summed E-state index contributed by atoms with van der Waals surface area (Å²) >= 11 is 0. The van der Waals surface area contributed by atoms with Crippen molar-refractivity contribution in [2.75, 3.05) is 0 Å². The van der Waals surface area contributed by atoms with E-state index in [-0.39, 0.29) is 10.9 Å². The molecule has 106 valence electrons. The molecule has 0 radical (unpaired) electrons. The van der Waals surface area contributed by atoms with Crippen LogP contribution in [-0.2, 0) is 10.3 Å². The largest absolute Gasteiger partial charge is 0.623 e. The average molecular weight is 291 g/mol. The van der Waals surface area contributed by atoms with E-state index >= 15 is 0 Å². The van der Waals surface area contributed by atoms with Gasteiger partial charge in [0.05, 0.1) is 0 Å². The van der Waals surface area contributed by atoms with Gasteiger partial charge in [-0.15, -0.1) is 0 Å². The topological polar surface area (TPSA) is 61.6 Å². The molecule has 2 atom stereocenters. The Balaban J connectivity index is 2.55. The van der Waals surface area contributed by atoms with Crippen molar-refractivity contribution >= 4 is 15.3 Å². The smallest absolute Gasteiger partial charge is 0.277 e. The standard InChI is InChI=1S/C15H17NO3S/c1-10-6-7-11(2)14(9-10)12(3)13-5-4-8-16(17)15(13)20(18)19/h4-9,12,16H,1-3H3. The molecule has 4 nitrogen and oxygen atoms in total. The van der Waals surface area contributed by atoms with Crippen LogP contribution in [-0.4, -0.2) is 13.4 Å². The van der Waals surface area contributed by atoms with Gasteiger partial charge in [0.15, 0.2) is 0 Å². The molecule has 2 rings (SSSR count). The molecule has 0 fully saturated rings. The summed E-state index contributed by atoms with van der Waals surface area (Å²) in [6.45, 7) is 5.90. The Morgan fingerprint density at radius 2 is 1.95 bits per heavy atom. The molecule has 1 N–H and O–H groups in total. The van der Waals surface area contributed by atoms with Crippen LogP contribution in [0.1, 0.15) is 29.5 Å². The minimum atomic E-state index is -2.52. The third-order valence-corrected chi connectivity index (χ3v) is 4.31. The lowest BCUT2D eigenvalue weighted by atomic mass is 9.88. The minimum absolute atomic E-state index is 0.124. The fraction of sp³-hybridized carbons (Fsp3) is 0.267. The lowest BCUT2D eigenvalue weighted by Gasteiger charge is -2.25. The number of hydrogen-bond acceptors (Lipinski definition) is 3. The zero-order valence-corrected chi connectivity index (χ0v) is 12.5. The molecule has 20 heavy (non-hydrogen) atoms. The molecule has 1 aliphatic heterocycles. The van der Waals surface area contributed by atoms with Gasteiger partial charge in [0.25, 0.3) is 15.3 Å². The second-order valence-electron chi connectivity index (χ2n) is 4.99. The van der Waals surface area contributed by atoms with Crippen LogP contribution < -0.4 is 5.06 Å². The molecule has 1 aromatic carbocycles. The Morgan fingerprint density at radius 1 is 1.25 bits per heavy atom. The summed E-state index contributed by atoms with van der Waals surface area (Å²) in [5, 5.41) is 11.3. The Bertz CT molecular complexity index is 721. The number of quaternary nitrogens is 1. The summed E-state index contributed by atoms with van der Waals surface area (Å²) in [5.74, 6) is -0.142. The van der Waals surface area contributed by atoms with Crippen LogP contribution in [0.15, 0.2) is 42.1 Å². The Kier molecular flexibility index (Phi) is 4.23. The fourth-order valence-electron chi connectivity index (χ4n) is 2.45. The molecule has 5 heteroatoms. The average Bonchev–Trinajstić information content (AvgIpc) is 2.40. The van der Waals surface area contributed by atoms with Crippen molar-refractivity contribution in [1.29, 1.82) is 0 Å². The summed E-state index contributed by atoms with van der Waals surface area (Å²) in [5.41, 5.74) is 3.80. The van der Waals surface area contributed by atoms with Gasteiger partial charge in [-0.05, 0) is 37.1 Å². The van der Waals surface area contributed by atoms with Gasteiger partial charge in [0.2, 0.25) is 0 Å². The van der Waals surface area contributed by atoms with Crippen LogP contribution in [0.5, 0.6) is 0 Å². The minimum Gasteiger partial charge on any atom is -0.623 e. The van der Waals surface area contributed by atoms with E-state index in [1.54, 1.807) is 12.2 Å². The Morgan fingerprint density at radius 3 is 2.60 bits per heavy atom. The summed E-state index contributed by atoms with van der Waals surface area (Å²) in [6.07, 6.45) is 4.60. The Hall–Kier alpha value is -1.69. The highest BCUT2D eigenvalue weighted by Crippen LogP contribution is 2.28. The molecule has 2 unspecified atom stereocenters. The van der Waals surface area contributed by atoms with Crippen molar-refractivity contribution in [1.82, 2.24) is 0 Å². The van der Waals surface area contributed by atoms with Crippen molar-refractivity contribution in [2.45, 2.75) is 26.7 Å². The summed E-state index contributed by atoms with van der Waals surface area (Å²) in [7, 11) is -2.52. The SMILES string of the molecule is Cc1ccc(C)c(C(C)C2=CC=C[NH+]([O-])C2=S(=O)=O)c1.